The minimum Gasteiger partial charge on any atom is -0.481 e. The number of carboxylic acid groups (broad SMARTS) is 2. The third kappa shape index (κ3) is 15.4. The third-order valence-corrected chi connectivity index (χ3v) is 1.07. The Balaban J connectivity index is 0. The second kappa shape index (κ2) is 9.21. The van der Waals surface area contributed by atoms with Crippen LogP contribution in [0.5, 0.6) is 0 Å². The molecular formula is C10H19NO4. The molecule has 0 fully saturated rings. The van der Waals surface area contributed by atoms with Crippen LogP contribution in [0.4, 0.5) is 0 Å². The average molecular weight is 217 g/mol. The molecule has 0 bridgehead atoms. The Bertz CT molecular complexity index is 231. The maximum absolute atomic E-state index is 10.3. The topological polar surface area (TPSA) is 77.8 Å². The van der Waals surface area contributed by atoms with Crippen LogP contribution in [0.1, 0.15) is 19.8 Å². The molecule has 0 unspecified atom stereocenters. The van der Waals surface area contributed by atoms with Crippen molar-refractivity contribution in [3.05, 3.63) is 11.6 Å². The fourth-order valence-corrected chi connectivity index (χ4v) is 0.644. The first kappa shape index (κ1) is 16.1. The Morgan fingerprint density at radius 2 is 1.60 bits per heavy atom. The van der Waals surface area contributed by atoms with Crippen LogP contribution in [-0.2, 0) is 9.59 Å². The second-order valence-electron chi connectivity index (χ2n) is 3.35. The predicted molar refractivity (Wildman–Crippen MR) is 57.9 cm³/mol. The van der Waals surface area contributed by atoms with Gasteiger partial charge in [0, 0.05) is 5.57 Å². The maximum Gasteiger partial charge on any atom is 0.331 e. The van der Waals surface area contributed by atoms with E-state index in [-0.39, 0.29) is 5.57 Å². The molecule has 0 aliphatic carbocycles. The van der Waals surface area contributed by atoms with Crippen molar-refractivity contribution in [2.45, 2.75) is 19.8 Å². The largest absolute Gasteiger partial charge is 0.481 e. The van der Waals surface area contributed by atoms with Crippen LogP contribution in [0.15, 0.2) is 11.6 Å². The van der Waals surface area contributed by atoms with E-state index in [4.69, 9.17) is 10.2 Å². The molecule has 2 N–H and O–H groups in total. The highest BCUT2D eigenvalue weighted by Gasteiger charge is 2.09. The highest BCUT2D eigenvalue weighted by Crippen LogP contribution is 2.02. The van der Waals surface area contributed by atoms with Gasteiger partial charge in [-0.2, -0.15) is 0 Å². The third-order valence-electron chi connectivity index (χ3n) is 1.07. The summed E-state index contributed by atoms with van der Waals surface area (Å²) < 4.78 is 0. The van der Waals surface area contributed by atoms with Gasteiger partial charge in [-0.25, -0.2) is 4.79 Å². The molecule has 0 atom stereocenters. The highest BCUT2D eigenvalue weighted by atomic mass is 16.4. The highest BCUT2D eigenvalue weighted by molar-refractivity contribution is 5.91. The quantitative estimate of drug-likeness (QED) is 0.688. The second-order valence-corrected chi connectivity index (χ2v) is 3.35. The number of hydrogen-bond acceptors (Lipinski definition) is 3. The standard InChI is InChI=1S/C7H10O4.C3H9N/c1-2-3-5(7(10)11)4-6(8)9;1-4(2)3/h3H,2,4H2,1H3,(H,8,9)(H,10,11);1-3H3. The van der Waals surface area contributed by atoms with Gasteiger partial charge in [0.2, 0.25) is 0 Å². The molecule has 0 amide bonds. The van der Waals surface area contributed by atoms with Crippen molar-refractivity contribution in [3.8, 4) is 0 Å². The Hall–Kier alpha value is -1.36. The molecule has 0 aromatic heterocycles. The van der Waals surface area contributed by atoms with Crippen molar-refractivity contribution in [3.63, 3.8) is 0 Å². The van der Waals surface area contributed by atoms with Gasteiger partial charge < -0.3 is 15.1 Å². The molecule has 15 heavy (non-hydrogen) atoms. The molecule has 0 aliphatic heterocycles. The summed E-state index contributed by atoms with van der Waals surface area (Å²) in [6.07, 6.45) is 1.52. The molecule has 0 saturated heterocycles. The van der Waals surface area contributed by atoms with E-state index in [9.17, 15) is 9.59 Å². The Morgan fingerprint density at radius 3 is 1.80 bits per heavy atom. The van der Waals surface area contributed by atoms with Crippen LogP contribution < -0.4 is 0 Å². The van der Waals surface area contributed by atoms with Gasteiger partial charge in [0.15, 0.2) is 0 Å². The van der Waals surface area contributed by atoms with Crippen LogP contribution in [0.25, 0.3) is 0 Å². The van der Waals surface area contributed by atoms with E-state index in [2.05, 4.69) is 0 Å². The molecule has 0 spiro atoms. The average Bonchev–Trinajstić information content (AvgIpc) is 2.01. The lowest BCUT2D eigenvalue weighted by atomic mass is 10.1. The lowest BCUT2D eigenvalue weighted by molar-refractivity contribution is -0.139. The zero-order valence-corrected chi connectivity index (χ0v) is 9.65. The van der Waals surface area contributed by atoms with E-state index in [1.54, 1.807) is 6.92 Å². The summed E-state index contributed by atoms with van der Waals surface area (Å²) in [6.45, 7) is 1.75. The molecule has 0 aliphatic rings. The molecule has 0 aromatic carbocycles. The molecule has 0 aromatic rings. The van der Waals surface area contributed by atoms with Crippen molar-refractivity contribution >= 4 is 11.9 Å². The number of nitrogens with zero attached hydrogens (tertiary/aromatic N) is 1. The van der Waals surface area contributed by atoms with Gasteiger partial charge in [0.25, 0.3) is 0 Å². The van der Waals surface area contributed by atoms with E-state index in [0.717, 1.165) is 0 Å². The fourth-order valence-electron chi connectivity index (χ4n) is 0.644. The van der Waals surface area contributed by atoms with Gasteiger partial charge in [-0.3, -0.25) is 4.79 Å². The van der Waals surface area contributed by atoms with Gasteiger partial charge in [0.1, 0.15) is 0 Å². The Kier molecular flexibility index (Phi) is 9.87. The maximum atomic E-state index is 10.3. The summed E-state index contributed by atoms with van der Waals surface area (Å²) in [4.78, 5) is 22.4. The normalized spacial score (nSPS) is 10.6. The number of aliphatic carboxylic acids is 2. The van der Waals surface area contributed by atoms with Crippen molar-refractivity contribution in [1.29, 1.82) is 0 Å². The van der Waals surface area contributed by atoms with Crippen LogP contribution in [0, 0.1) is 0 Å². The number of allylic oxidation sites excluding steroid dienone is 1. The summed E-state index contributed by atoms with van der Waals surface area (Å²) in [5, 5.41) is 16.7. The minimum atomic E-state index is -1.16. The van der Waals surface area contributed by atoms with E-state index in [1.165, 1.54) is 6.08 Å². The first-order valence-corrected chi connectivity index (χ1v) is 4.56. The van der Waals surface area contributed by atoms with Gasteiger partial charge >= 0.3 is 11.9 Å². The zero-order valence-electron chi connectivity index (χ0n) is 9.65. The zero-order chi connectivity index (χ0) is 12.4. The first-order valence-electron chi connectivity index (χ1n) is 4.56. The predicted octanol–water partition coefficient (Wildman–Crippen LogP) is 1.06. The fraction of sp³-hybridized carbons (Fsp3) is 0.600. The van der Waals surface area contributed by atoms with Gasteiger partial charge in [-0.1, -0.05) is 13.0 Å². The van der Waals surface area contributed by atoms with Gasteiger partial charge in [-0.15, -0.1) is 0 Å². The van der Waals surface area contributed by atoms with Gasteiger partial charge in [0.05, 0.1) is 6.42 Å². The number of carboxylic acids is 2. The summed E-state index contributed by atoms with van der Waals surface area (Å²) in [5.74, 6) is -2.28. The van der Waals surface area contributed by atoms with Crippen LogP contribution >= 0.6 is 0 Å². The summed E-state index contributed by atoms with van der Waals surface area (Å²) >= 11 is 0. The summed E-state index contributed by atoms with van der Waals surface area (Å²) in [5.41, 5.74) is -0.0556. The van der Waals surface area contributed by atoms with Crippen molar-refractivity contribution in [2.75, 3.05) is 21.1 Å². The molecule has 0 rings (SSSR count). The number of carbonyl (C=O) groups is 2. The minimum absolute atomic E-state index is 0.0556. The monoisotopic (exact) mass is 217 g/mol. The lowest BCUT2D eigenvalue weighted by Crippen LogP contribution is -2.06. The Morgan fingerprint density at radius 1 is 1.20 bits per heavy atom. The number of rotatable bonds is 4. The lowest BCUT2D eigenvalue weighted by Gasteiger charge is -1.95. The first-order chi connectivity index (χ1) is 6.81. The van der Waals surface area contributed by atoms with E-state index >= 15 is 0 Å². The van der Waals surface area contributed by atoms with Gasteiger partial charge in [-0.05, 0) is 27.6 Å². The van der Waals surface area contributed by atoms with E-state index in [0.29, 0.717) is 6.42 Å². The van der Waals surface area contributed by atoms with Crippen LogP contribution in [0.3, 0.4) is 0 Å². The van der Waals surface area contributed by atoms with Crippen LogP contribution in [0.2, 0.25) is 0 Å². The van der Waals surface area contributed by atoms with E-state index < -0.39 is 18.4 Å². The molecule has 88 valence electrons. The molecule has 0 saturated carbocycles. The van der Waals surface area contributed by atoms with Crippen molar-refractivity contribution < 1.29 is 19.8 Å². The van der Waals surface area contributed by atoms with Crippen molar-refractivity contribution in [1.82, 2.24) is 4.90 Å². The molecular weight excluding hydrogens is 198 g/mol. The Labute approximate surface area is 90.0 Å². The molecule has 5 heteroatoms. The number of hydrogen-bond donors (Lipinski definition) is 2. The smallest absolute Gasteiger partial charge is 0.331 e. The summed E-state index contributed by atoms with van der Waals surface area (Å²) in [6, 6.07) is 0. The van der Waals surface area contributed by atoms with Crippen molar-refractivity contribution in [2.24, 2.45) is 0 Å². The SMILES string of the molecule is CCC=C(CC(=O)O)C(=O)O.CN(C)C. The molecule has 0 radical (unpaired) electrons. The van der Waals surface area contributed by atoms with E-state index in [1.807, 2.05) is 26.0 Å². The molecule has 0 heterocycles. The van der Waals surface area contributed by atoms with Crippen LogP contribution in [-0.4, -0.2) is 48.2 Å². The molecule has 5 nitrogen and oxygen atoms in total. The summed E-state index contributed by atoms with van der Waals surface area (Å²) in [7, 11) is 6.00.